The van der Waals surface area contributed by atoms with Gasteiger partial charge >= 0.3 is 12.1 Å². The predicted octanol–water partition coefficient (Wildman–Crippen LogP) is 0.0123. The third-order valence-corrected chi connectivity index (χ3v) is 14.2. The number of benzene rings is 1. The molecule has 2 heterocycles. The Morgan fingerprint density at radius 3 is 2.62 bits per heavy atom. The van der Waals surface area contributed by atoms with E-state index in [-0.39, 0.29) is 53.7 Å². The lowest BCUT2D eigenvalue weighted by Crippen LogP contribution is -2.84. The summed E-state index contributed by atoms with van der Waals surface area (Å²) in [5, 5.41) is 17.3. The molecule has 292 valence electrons. The van der Waals surface area contributed by atoms with Crippen LogP contribution in [0, 0.1) is 17.3 Å². The van der Waals surface area contributed by atoms with Crippen LogP contribution in [0.1, 0.15) is 83.3 Å². The minimum atomic E-state index is -0.970. The number of methoxy groups -OCH3 is 1. The van der Waals surface area contributed by atoms with Crippen molar-refractivity contribution in [3.05, 3.63) is 23.3 Å². The van der Waals surface area contributed by atoms with E-state index < -0.39 is 23.3 Å². The molecule has 8 N–H and O–H groups in total. The van der Waals surface area contributed by atoms with Crippen molar-refractivity contribution in [3.8, 4) is 11.5 Å². The lowest BCUT2D eigenvalue weighted by Gasteiger charge is -2.75. The Bertz CT molecular complexity index is 1670. The highest BCUT2D eigenvalue weighted by atomic mass is 16.6. The van der Waals surface area contributed by atoms with Crippen LogP contribution >= 0.6 is 0 Å². The maximum Gasteiger partial charge on any atom is 0.415 e. The number of rotatable bonds is 14. The fourth-order valence-electron chi connectivity index (χ4n) is 11.8. The van der Waals surface area contributed by atoms with Crippen LogP contribution < -0.4 is 36.6 Å². The zero-order valence-electron chi connectivity index (χ0n) is 32.4. The Labute approximate surface area is 312 Å². The smallest absolute Gasteiger partial charge is 0.415 e. The fraction of sp³-hybridized carbons (Fsp3) is 0.744. The molecule has 2 aliphatic heterocycles. The first-order chi connectivity index (χ1) is 25.0. The molecule has 14 heteroatoms. The lowest BCUT2D eigenvalue weighted by molar-refractivity contribution is -0.952. The largest absolute Gasteiger partial charge is 0.482 e. The number of amides is 3. The maximum absolute atomic E-state index is 13.6. The molecule has 3 amide bonds. The second kappa shape index (κ2) is 13.3. The summed E-state index contributed by atoms with van der Waals surface area (Å²) in [5.41, 5.74) is 11.3. The molecule has 14 nitrogen and oxygen atoms in total. The van der Waals surface area contributed by atoms with Gasteiger partial charge in [-0.25, -0.2) is 4.79 Å². The van der Waals surface area contributed by atoms with Gasteiger partial charge in [-0.2, -0.15) is 0 Å². The van der Waals surface area contributed by atoms with Crippen LogP contribution in [0.2, 0.25) is 0 Å². The minimum Gasteiger partial charge on any atom is -0.482 e. The van der Waals surface area contributed by atoms with Crippen LogP contribution in [0.25, 0.3) is 0 Å². The van der Waals surface area contributed by atoms with Crippen LogP contribution in [0.4, 0.5) is 4.79 Å². The highest BCUT2D eigenvalue weighted by molar-refractivity contribution is 5.86. The van der Waals surface area contributed by atoms with Gasteiger partial charge in [0.15, 0.2) is 11.5 Å². The van der Waals surface area contributed by atoms with E-state index in [1.807, 2.05) is 19.9 Å². The summed E-state index contributed by atoms with van der Waals surface area (Å²) in [6.45, 7) is 8.29. The quantitative estimate of drug-likeness (QED) is 0.0661. The van der Waals surface area contributed by atoms with Crippen molar-refractivity contribution >= 4 is 23.9 Å². The van der Waals surface area contributed by atoms with E-state index in [2.05, 4.69) is 28.7 Å². The molecule has 2 spiro atoms. The van der Waals surface area contributed by atoms with Crippen molar-refractivity contribution in [2.24, 2.45) is 28.7 Å². The first kappa shape index (κ1) is 37.7. The number of nitrogens with one attached hydrogen (secondary N) is 3. The molecule has 1 aromatic rings. The van der Waals surface area contributed by atoms with Gasteiger partial charge in [-0.05, 0) is 70.4 Å². The molecule has 5 aliphatic carbocycles. The summed E-state index contributed by atoms with van der Waals surface area (Å²) in [4.78, 5) is 42.6. The van der Waals surface area contributed by atoms with Crippen LogP contribution in [0.5, 0.6) is 11.5 Å². The molecular weight excluding hydrogens is 678 g/mol. The molecule has 8 rings (SSSR count). The summed E-state index contributed by atoms with van der Waals surface area (Å²) in [7, 11) is 5.89. The summed E-state index contributed by atoms with van der Waals surface area (Å²) >= 11 is 0. The number of carbonyl (C=O) groups excluding carboxylic acids is 3. The van der Waals surface area contributed by atoms with E-state index in [4.69, 9.17) is 25.7 Å². The molecule has 1 saturated heterocycles. The van der Waals surface area contributed by atoms with E-state index >= 15 is 0 Å². The molecule has 5 fully saturated rings. The van der Waals surface area contributed by atoms with Crippen LogP contribution in [-0.4, -0.2) is 122 Å². The lowest BCUT2D eigenvalue weighted by atomic mass is 9.33. The normalized spacial score (nSPS) is 33.6. The molecule has 0 aromatic heterocycles. The van der Waals surface area contributed by atoms with Gasteiger partial charge in [0.1, 0.15) is 17.7 Å². The highest BCUT2D eigenvalue weighted by Crippen LogP contribution is 2.78. The second-order valence-electron chi connectivity index (χ2n) is 17.8. The fourth-order valence-corrected chi connectivity index (χ4v) is 11.8. The van der Waals surface area contributed by atoms with E-state index in [9.17, 15) is 19.5 Å². The van der Waals surface area contributed by atoms with Gasteiger partial charge in [0.2, 0.25) is 11.8 Å². The number of guanidine groups is 1. The average Bonchev–Trinajstić information content (AvgIpc) is 3.83. The number of nitrogens with two attached hydrogens (primary N) is 2. The third kappa shape index (κ3) is 6.03. The van der Waals surface area contributed by atoms with E-state index in [0.717, 1.165) is 49.0 Å². The van der Waals surface area contributed by atoms with Crippen molar-refractivity contribution in [2.45, 2.75) is 113 Å². The zero-order chi connectivity index (χ0) is 38.1. The van der Waals surface area contributed by atoms with Crippen LogP contribution in [-0.2, 0) is 26.2 Å². The molecule has 53 heavy (non-hydrogen) atoms. The van der Waals surface area contributed by atoms with Gasteiger partial charge in [-0.15, -0.1) is 0 Å². The molecule has 7 aliphatic rings. The summed E-state index contributed by atoms with van der Waals surface area (Å²) < 4.78 is 21.0. The molecule has 8 atom stereocenters. The molecule has 1 unspecified atom stereocenters. The molecular formula is C39H61N7O7+2. The van der Waals surface area contributed by atoms with Crippen molar-refractivity contribution in [1.82, 2.24) is 15.5 Å². The summed E-state index contributed by atoms with van der Waals surface area (Å²) in [6.07, 6.45) is 7.33. The van der Waals surface area contributed by atoms with Crippen molar-refractivity contribution < 1.29 is 43.2 Å². The van der Waals surface area contributed by atoms with E-state index in [1.165, 1.54) is 42.3 Å². The Balaban J connectivity index is 1.11. The number of piperidine rings is 1. The van der Waals surface area contributed by atoms with Gasteiger partial charge in [0.25, 0.3) is 0 Å². The SMILES string of the molecule is CO[C@]12CC[C@@]3(C[C@@H]1C(C)(C)O)[C@H]1Cc4ccc(OC(=O)N(C)CCNC(=O)[C@H](CCC[NH+]=C(N)N)NC(C)=O)c5c4[C@@]3(CC[N+]1(C)CC1CC1)[C@H]2O5. The molecule has 4 bridgehead atoms. The molecule has 4 saturated carbocycles. The number of likely N-dealkylation sites (tertiary alicyclic amines) is 1. The Morgan fingerprint density at radius 2 is 1.96 bits per heavy atom. The van der Waals surface area contributed by atoms with E-state index in [1.54, 1.807) is 14.2 Å². The number of nitrogens with zero attached hydrogens (tertiary/aromatic N) is 2. The van der Waals surface area contributed by atoms with Gasteiger partial charge in [-0.3, -0.25) is 26.0 Å². The Hall–Kier alpha value is -3.62. The van der Waals surface area contributed by atoms with Crippen molar-refractivity contribution in [1.29, 1.82) is 0 Å². The maximum atomic E-state index is 13.6. The molecule has 0 radical (unpaired) electrons. The van der Waals surface area contributed by atoms with Crippen molar-refractivity contribution in [2.75, 3.05) is 53.9 Å². The van der Waals surface area contributed by atoms with Gasteiger partial charge < -0.3 is 39.3 Å². The first-order valence-electron chi connectivity index (χ1n) is 19.6. The van der Waals surface area contributed by atoms with E-state index in [0.29, 0.717) is 36.9 Å². The van der Waals surface area contributed by atoms with Gasteiger partial charge in [0, 0.05) is 69.8 Å². The van der Waals surface area contributed by atoms with Gasteiger partial charge in [0.05, 0.1) is 43.7 Å². The summed E-state index contributed by atoms with van der Waals surface area (Å²) in [5.74, 6) is 1.15. The standard InChI is InChI=1S/C39H59N7O7/c1-23(47)44-26(8-7-16-43-34(40)41)32(48)42-17-18-45(4)35(49)52-27-12-11-25-20-29-37-13-14-39(51-6,28(21-37)36(2,3)50)33-38(37,30(25)31(27)53-33)15-19-46(29,5)22-24-9-10-24/h11-12,24,26,28-29,33,50H,7-10,13-22H2,1-6H3,(H5-,40,41,42,43,44,47,48)/p+2/t26-,28+,29+,33+,37+,38-,39+,46?/m0/s1. The molecule has 1 aromatic carbocycles. The van der Waals surface area contributed by atoms with Crippen LogP contribution in [0.3, 0.4) is 0 Å². The number of quaternary nitrogens is 1. The number of aliphatic hydroxyl groups is 1. The number of ether oxygens (including phenoxy) is 3. The number of likely N-dealkylation sites (N-methyl/N-ethyl adjacent to an activating group) is 2. The number of fused-ring (bicyclic) bond motifs is 2. The second-order valence-corrected chi connectivity index (χ2v) is 17.8. The van der Waals surface area contributed by atoms with Crippen molar-refractivity contribution in [3.63, 3.8) is 0 Å². The third-order valence-electron chi connectivity index (χ3n) is 14.2. The van der Waals surface area contributed by atoms with Gasteiger partial charge in [-0.1, -0.05) is 6.07 Å². The highest BCUT2D eigenvalue weighted by Gasteiger charge is 2.84. The predicted molar refractivity (Wildman–Crippen MR) is 197 cm³/mol. The zero-order valence-corrected chi connectivity index (χ0v) is 32.4. The summed E-state index contributed by atoms with van der Waals surface area (Å²) in [6, 6.07) is 3.70. The Morgan fingerprint density at radius 1 is 1.21 bits per heavy atom. The average molecular weight is 740 g/mol. The topological polar surface area (TPSA) is 192 Å². The minimum absolute atomic E-state index is 0.0811. The monoisotopic (exact) mass is 739 g/mol. The first-order valence-corrected chi connectivity index (χ1v) is 19.6. The number of hydrogen-bond donors (Lipinski definition) is 6. The number of hydrogen-bond acceptors (Lipinski definition) is 7. The Kier molecular flexibility index (Phi) is 9.45. The van der Waals surface area contributed by atoms with Crippen LogP contribution in [0.15, 0.2) is 12.1 Å². The number of carbonyl (C=O) groups is 3.